The van der Waals surface area contributed by atoms with Crippen molar-refractivity contribution in [2.45, 2.75) is 56.8 Å². The zero-order chi connectivity index (χ0) is 26.5. The minimum absolute atomic E-state index is 0.0138. The lowest BCUT2D eigenvalue weighted by Crippen LogP contribution is -2.46. The van der Waals surface area contributed by atoms with Crippen LogP contribution in [0.25, 0.3) is 11.1 Å². The third-order valence-corrected chi connectivity index (χ3v) is 7.94. The van der Waals surface area contributed by atoms with E-state index in [2.05, 4.69) is 11.4 Å². The van der Waals surface area contributed by atoms with Crippen molar-refractivity contribution in [1.82, 2.24) is 10.2 Å². The molecule has 0 aliphatic heterocycles. The van der Waals surface area contributed by atoms with Crippen molar-refractivity contribution < 1.29 is 14.3 Å². The second-order valence-corrected chi connectivity index (χ2v) is 10.7. The molecule has 2 atom stereocenters. The van der Waals surface area contributed by atoms with Gasteiger partial charge in [0.25, 0.3) is 5.91 Å². The first-order valence-electron chi connectivity index (χ1n) is 12.9. The van der Waals surface area contributed by atoms with Crippen LogP contribution in [0.1, 0.15) is 52.9 Å². The normalized spacial score (nSPS) is 19.9. The van der Waals surface area contributed by atoms with E-state index in [4.69, 9.17) is 10.5 Å². The molecule has 5 rings (SSSR count). The molecule has 2 fully saturated rings. The number of rotatable bonds is 7. The lowest BCUT2D eigenvalue weighted by atomic mass is 9.86. The number of carbonyl (C=O) groups is 2. The number of hydrogen-bond donors (Lipinski definition) is 2. The predicted molar refractivity (Wildman–Crippen MR) is 147 cm³/mol. The highest BCUT2D eigenvalue weighted by molar-refractivity contribution is 7.11. The summed E-state index contributed by atoms with van der Waals surface area (Å²) in [6.45, 7) is 0.192. The summed E-state index contributed by atoms with van der Waals surface area (Å²) in [6.07, 6.45) is 5.28. The fraction of sp³-hybridized carbons (Fsp3) is 0.300. The third kappa shape index (κ3) is 5.96. The van der Waals surface area contributed by atoms with Crippen LogP contribution in [0, 0.1) is 11.3 Å². The fourth-order valence-corrected chi connectivity index (χ4v) is 5.66. The van der Waals surface area contributed by atoms with E-state index in [9.17, 15) is 14.9 Å². The van der Waals surface area contributed by atoms with Gasteiger partial charge in [-0.1, -0.05) is 42.5 Å². The van der Waals surface area contributed by atoms with Crippen molar-refractivity contribution in [2.75, 3.05) is 0 Å². The van der Waals surface area contributed by atoms with E-state index in [-0.39, 0.29) is 30.6 Å². The van der Waals surface area contributed by atoms with E-state index in [1.54, 1.807) is 6.20 Å². The Morgan fingerprint density at radius 1 is 1.05 bits per heavy atom. The van der Waals surface area contributed by atoms with Crippen LogP contribution in [0.4, 0.5) is 4.79 Å². The van der Waals surface area contributed by atoms with Crippen molar-refractivity contribution in [3.05, 3.63) is 93.8 Å². The Hall–Kier alpha value is -3.93. The molecule has 38 heavy (non-hydrogen) atoms. The topological polar surface area (TPSA) is 108 Å². The zero-order valence-electron chi connectivity index (χ0n) is 21.0. The first-order valence-corrected chi connectivity index (χ1v) is 13.7. The molecule has 2 saturated carbocycles. The van der Waals surface area contributed by atoms with E-state index < -0.39 is 6.09 Å². The fourth-order valence-electron chi connectivity index (χ4n) is 4.95. The molecular formula is C30H30N4O3S. The maximum Gasteiger partial charge on any atom is 0.411 e. The number of ether oxygens (including phenoxy) is 1. The van der Waals surface area contributed by atoms with Crippen LogP contribution in [0.2, 0.25) is 0 Å². The number of carbonyl (C=O) groups excluding carboxylic acids is 2. The second kappa shape index (κ2) is 11.6. The lowest BCUT2D eigenvalue weighted by molar-refractivity contribution is 0.0630. The van der Waals surface area contributed by atoms with Gasteiger partial charge in [-0.3, -0.25) is 10.1 Å². The van der Waals surface area contributed by atoms with Gasteiger partial charge < -0.3 is 15.4 Å². The highest BCUT2D eigenvalue weighted by Crippen LogP contribution is 2.36. The summed E-state index contributed by atoms with van der Waals surface area (Å²) in [6, 6.07) is 21.3. The first-order chi connectivity index (χ1) is 18.5. The van der Waals surface area contributed by atoms with Gasteiger partial charge in [-0.25, -0.2) is 4.79 Å². The number of thiophene rings is 1. The molecule has 8 heteroatoms. The summed E-state index contributed by atoms with van der Waals surface area (Å²) in [5.41, 5.74) is 10.7. The van der Waals surface area contributed by atoms with Crippen molar-refractivity contribution >= 4 is 23.3 Å². The number of hydrogen-bond acceptors (Lipinski definition) is 6. The van der Waals surface area contributed by atoms with Gasteiger partial charge in [-0.15, -0.1) is 11.3 Å². The zero-order valence-corrected chi connectivity index (χ0v) is 21.8. The smallest absolute Gasteiger partial charge is 0.411 e. The van der Waals surface area contributed by atoms with E-state index in [1.165, 1.54) is 11.3 Å². The van der Waals surface area contributed by atoms with Crippen LogP contribution in [0.5, 0.6) is 0 Å². The van der Waals surface area contributed by atoms with E-state index in [0.717, 1.165) is 47.9 Å². The Kier molecular flexibility index (Phi) is 7.87. The van der Waals surface area contributed by atoms with Gasteiger partial charge in [0.05, 0.1) is 0 Å². The highest BCUT2D eigenvalue weighted by atomic mass is 32.1. The molecule has 7 nitrogen and oxygen atoms in total. The molecule has 0 saturated heterocycles. The molecular weight excluding hydrogens is 496 g/mol. The van der Waals surface area contributed by atoms with Crippen LogP contribution >= 0.6 is 11.3 Å². The van der Waals surface area contributed by atoms with Gasteiger partial charge in [0.2, 0.25) is 0 Å². The molecule has 2 unspecified atom stereocenters. The Labute approximate surface area is 226 Å². The van der Waals surface area contributed by atoms with Crippen LogP contribution in [0.3, 0.4) is 0 Å². The molecule has 3 aromatic rings. The second-order valence-electron chi connectivity index (χ2n) is 9.76. The molecule has 0 spiro atoms. The van der Waals surface area contributed by atoms with Gasteiger partial charge in [-0.2, -0.15) is 5.26 Å². The van der Waals surface area contributed by atoms with Crippen LogP contribution in [0.15, 0.2) is 77.8 Å². The number of nitrogens with zero attached hydrogens (tertiary/aromatic N) is 2. The Morgan fingerprint density at radius 3 is 2.50 bits per heavy atom. The number of nitrogens with one attached hydrogen (secondary N) is 1. The summed E-state index contributed by atoms with van der Waals surface area (Å²) in [5.74, 6) is 0.0138. The maximum absolute atomic E-state index is 13.7. The molecule has 1 aromatic heterocycles. The molecule has 1 heterocycles. The summed E-state index contributed by atoms with van der Waals surface area (Å²) >= 11 is 1.41. The number of amides is 2. The van der Waals surface area contributed by atoms with Crippen LogP contribution in [-0.2, 0) is 11.3 Å². The van der Waals surface area contributed by atoms with Gasteiger partial charge >= 0.3 is 6.09 Å². The van der Waals surface area contributed by atoms with Gasteiger partial charge in [-0.05, 0) is 72.4 Å². The number of alkyl carbamates (subject to hydrolysis) is 1. The van der Waals surface area contributed by atoms with Gasteiger partial charge in [0, 0.05) is 35.5 Å². The standard InChI is InChI=1S/C30H30N4O3S/c31-17-28-26(14-15-38-28)21-6-8-22(9-7-21)29(35)34(24-10-11-24)25-12-13-27(32)23(16-25)18-33-30(36)37-19-20-4-2-1-3-5-20/h1-9,14-15,18,24-25,27H,10-13,16,19,32H2,(H,33,36)/b23-18-. The van der Waals surface area contributed by atoms with Gasteiger partial charge in [0.15, 0.2) is 0 Å². The molecule has 2 aliphatic carbocycles. The first kappa shape index (κ1) is 25.7. The molecule has 0 bridgehead atoms. The lowest BCUT2D eigenvalue weighted by Gasteiger charge is -2.38. The van der Waals surface area contributed by atoms with Crippen molar-refractivity contribution in [3.8, 4) is 17.2 Å². The monoisotopic (exact) mass is 526 g/mol. The van der Waals surface area contributed by atoms with E-state index in [1.807, 2.05) is 70.9 Å². The third-order valence-electron chi connectivity index (χ3n) is 7.12. The highest BCUT2D eigenvalue weighted by Gasteiger charge is 2.40. The average molecular weight is 527 g/mol. The molecule has 2 aliphatic rings. The average Bonchev–Trinajstić information content (AvgIpc) is 3.67. The number of nitrogens with two attached hydrogens (primary N) is 1. The summed E-state index contributed by atoms with van der Waals surface area (Å²) < 4.78 is 5.31. The quantitative estimate of drug-likeness (QED) is 0.418. The molecule has 0 radical (unpaired) electrons. The maximum atomic E-state index is 13.7. The van der Waals surface area contributed by atoms with Crippen molar-refractivity contribution in [3.63, 3.8) is 0 Å². The Morgan fingerprint density at radius 2 is 1.79 bits per heavy atom. The minimum atomic E-state index is -0.531. The van der Waals surface area contributed by atoms with Crippen LogP contribution < -0.4 is 11.1 Å². The van der Waals surface area contributed by atoms with Crippen LogP contribution in [-0.4, -0.2) is 35.0 Å². The van der Waals surface area contributed by atoms with E-state index >= 15 is 0 Å². The SMILES string of the molecule is N#Cc1sccc1-c1ccc(C(=O)N(C2CC2)C2CCC(N)/C(=C\NC(=O)OCc3ccccc3)C2)cc1. The van der Waals surface area contributed by atoms with Crippen molar-refractivity contribution in [1.29, 1.82) is 5.26 Å². The summed E-state index contributed by atoms with van der Waals surface area (Å²) in [4.78, 5) is 28.6. The number of nitriles is 1. The predicted octanol–water partition coefficient (Wildman–Crippen LogP) is 5.58. The minimum Gasteiger partial charge on any atom is -0.444 e. The summed E-state index contributed by atoms with van der Waals surface area (Å²) in [7, 11) is 0. The number of benzene rings is 2. The van der Waals surface area contributed by atoms with Crippen molar-refractivity contribution in [2.24, 2.45) is 5.73 Å². The molecule has 2 aromatic carbocycles. The molecule has 3 N–H and O–H groups in total. The van der Waals surface area contributed by atoms with E-state index in [0.29, 0.717) is 16.9 Å². The largest absolute Gasteiger partial charge is 0.444 e. The Bertz CT molecular complexity index is 1360. The molecule has 2 amide bonds. The Balaban J connectivity index is 1.24. The summed E-state index contributed by atoms with van der Waals surface area (Å²) in [5, 5.41) is 14.0. The van der Waals surface area contributed by atoms with Gasteiger partial charge in [0.1, 0.15) is 17.6 Å². The molecule has 194 valence electrons.